The number of nitriles is 1. The van der Waals surface area contributed by atoms with Gasteiger partial charge in [-0.05, 0) is 32.4 Å². The number of hydrogen-bond acceptors (Lipinski definition) is 3. The van der Waals surface area contributed by atoms with Crippen LogP contribution in [0, 0.1) is 22.6 Å². The van der Waals surface area contributed by atoms with Crippen LogP contribution in [0.25, 0.3) is 0 Å². The molecule has 1 heterocycles. The zero-order valence-electron chi connectivity index (χ0n) is 9.66. The Bertz CT molecular complexity index is 408. The first-order valence-corrected chi connectivity index (χ1v) is 5.13. The van der Waals surface area contributed by atoms with Crippen molar-refractivity contribution < 1.29 is 9.50 Å². The van der Waals surface area contributed by atoms with Gasteiger partial charge >= 0.3 is 0 Å². The van der Waals surface area contributed by atoms with Crippen molar-refractivity contribution in [1.29, 1.82) is 5.26 Å². The molecule has 2 unspecified atom stereocenters. The summed E-state index contributed by atoms with van der Waals surface area (Å²) in [5.74, 6) is -0.463. The van der Waals surface area contributed by atoms with Gasteiger partial charge in [0.2, 0.25) is 0 Å². The summed E-state index contributed by atoms with van der Waals surface area (Å²) in [6.45, 7) is 5.01. The minimum Gasteiger partial charge on any atom is -0.382 e. The predicted molar refractivity (Wildman–Crippen MR) is 57.8 cm³/mol. The quantitative estimate of drug-likeness (QED) is 0.854. The van der Waals surface area contributed by atoms with Gasteiger partial charge in [-0.15, -0.1) is 0 Å². The lowest BCUT2D eigenvalue weighted by molar-refractivity contribution is -0.0417. The largest absolute Gasteiger partial charge is 0.382 e. The van der Waals surface area contributed by atoms with Crippen LogP contribution in [-0.4, -0.2) is 10.1 Å². The molecule has 86 valence electrons. The number of aliphatic hydroxyl groups is 1. The second-order valence-electron chi connectivity index (χ2n) is 4.23. The van der Waals surface area contributed by atoms with Gasteiger partial charge in [0, 0.05) is 0 Å². The first-order valence-electron chi connectivity index (χ1n) is 5.13. The van der Waals surface area contributed by atoms with Crippen LogP contribution >= 0.6 is 0 Å². The molecule has 0 aliphatic heterocycles. The molecule has 0 aliphatic carbocycles. The first kappa shape index (κ1) is 12.6. The van der Waals surface area contributed by atoms with Crippen LogP contribution < -0.4 is 0 Å². The number of hydrogen-bond donors (Lipinski definition) is 1. The highest BCUT2D eigenvalue weighted by atomic mass is 19.1. The van der Waals surface area contributed by atoms with Crippen LogP contribution in [0.2, 0.25) is 0 Å². The van der Waals surface area contributed by atoms with Crippen LogP contribution in [0.5, 0.6) is 0 Å². The molecule has 4 heteroatoms. The number of pyridine rings is 1. The van der Waals surface area contributed by atoms with E-state index in [1.807, 2.05) is 6.92 Å². The highest BCUT2D eigenvalue weighted by Crippen LogP contribution is 2.40. The highest BCUT2D eigenvalue weighted by molar-refractivity contribution is 5.21. The summed E-state index contributed by atoms with van der Waals surface area (Å²) in [6, 6.07) is 4.73. The highest BCUT2D eigenvalue weighted by Gasteiger charge is 2.44. The van der Waals surface area contributed by atoms with E-state index in [0.29, 0.717) is 12.1 Å². The Kier molecular flexibility index (Phi) is 3.30. The van der Waals surface area contributed by atoms with E-state index < -0.39 is 16.8 Å². The maximum Gasteiger partial charge on any atom is 0.141 e. The molecule has 0 aromatic carbocycles. The molecule has 0 spiro atoms. The maximum atomic E-state index is 12.7. The number of rotatable bonds is 3. The number of aromatic nitrogens is 1. The minimum absolute atomic E-state index is 0.305. The Morgan fingerprint density at radius 1 is 1.50 bits per heavy atom. The summed E-state index contributed by atoms with van der Waals surface area (Å²) in [7, 11) is 0. The third kappa shape index (κ3) is 1.91. The molecule has 2 atom stereocenters. The number of halogens is 1. The third-order valence-corrected chi connectivity index (χ3v) is 3.25. The van der Waals surface area contributed by atoms with Gasteiger partial charge in [0.15, 0.2) is 0 Å². The average Bonchev–Trinajstić information content (AvgIpc) is 2.28. The van der Waals surface area contributed by atoms with E-state index in [4.69, 9.17) is 5.26 Å². The fraction of sp³-hybridized carbons (Fsp3) is 0.500. The van der Waals surface area contributed by atoms with Crippen LogP contribution in [0.3, 0.4) is 0 Å². The van der Waals surface area contributed by atoms with Crippen molar-refractivity contribution in [2.24, 2.45) is 5.41 Å². The summed E-state index contributed by atoms with van der Waals surface area (Å²) in [6.07, 6.45) is 1.52. The zero-order valence-corrected chi connectivity index (χ0v) is 9.66. The monoisotopic (exact) mass is 222 g/mol. The summed E-state index contributed by atoms with van der Waals surface area (Å²) in [5, 5.41) is 19.5. The predicted octanol–water partition coefficient (Wildman–Crippen LogP) is 2.37. The van der Waals surface area contributed by atoms with Crippen molar-refractivity contribution in [2.75, 3.05) is 0 Å². The molecule has 1 aromatic rings. The topological polar surface area (TPSA) is 56.9 Å². The van der Waals surface area contributed by atoms with Crippen molar-refractivity contribution in [3.8, 4) is 6.07 Å². The second kappa shape index (κ2) is 4.18. The van der Waals surface area contributed by atoms with Gasteiger partial charge in [-0.3, -0.25) is 4.98 Å². The van der Waals surface area contributed by atoms with Gasteiger partial charge in [-0.2, -0.15) is 5.26 Å². The molecule has 1 rings (SSSR count). The van der Waals surface area contributed by atoms with Gasteiger partial charge in [-0.1, -0.05) is 6.92 Å². The Balaban J connectivity index is 3.21. The summed E-state index contributed by atoms with van der Waals surface area (Å²) in [5.41, 5.74) is -2.04. The van der Waals surface area contributed by atoms with E-state index in [1.54, 1.807) is 6.92 Å². The lowest BCUT2D eigenvalue weighted by Crippen LogP contribution is -2.40. The Hall–Kier alpha value is -1.47. The third-order valence-electron chi connectivity index (χ3n) is 3.25. The van der Waals surface area contributed by atoms with Crippen molar-refractivity contribution in [3.63, 3.8) is 0 Å². The van der Waals surface area contributed by atoms with E-state index in [0.717, 1.165) is 6.20 Å². The molecule has 0 radical (unpaired) electrons. The van der Waals surface area contributed by atoms with E-state index in [1.165, 1.54) is 19.1 Å². The van der Waals surface area contributed by atoms with Crippen molar-refractivity contribution in [1.82, 2.24) is 4.98 Å². The van der Waals surface area contributed by atoms with E-state index in [2.05, 4.69) is 11.1 Å². The zero-order chi connectivity index (χ0) is 12.4. The lowest BCUT2D eigenvalue weighted by atomic mass is 9.71. The standard InChI is InChI=1S/C12H15FN2O/c1-4-11(2,8-14)12(3,16)10-6-5-9(13)7-15-10/h5-7,16H,4H2,1-3H3. The van der Waals surface area contributed by atoms with Gasteiger partial charge in [0.05, 0.1) is 23.4 Å². The lowest BCUT2D eigenvalue weighted by Gasteiger charge is -2.36. The SMILES string of the molecule is CCC(C)(C#N)C(C)(O)c1ccc(F)cn1. The van der Waals surface area contributed by atoms with Crippen LogP contribution in [0.1, 0.15) is 32.9 Å². The molecular weight excluding hydrogens is 207 g/mol. The Morgan fingerprint density at radius 3 is 2.50 bits per heavy atom. The molecule has 3 nitrogen and oxygen atoms in total. The fourth-order valence-corrected chi connectivity index (χ4v) is 1.48. The van der Waals surface area contributed by atoms with Crippen molar-refractivity contribution >= 4 is 0 Å². The number of nitrogens with zero attached hydrogens (tertiary/aromatic N) is 2. The van der Waals surface area contributed by atoms with Crippen molar-refractivity contribution in [2.45, 2.75) is 32.8 Å². The maximum absolute atomic E-state index is 12.7. The normalized spacial score (nSPS) is 18.2. The van der Waals surface area contributed by atoms with E-state index >= 15 is 0 Å². The minimum atomic E-state index is -1.40. The molecule has 16 heavy (non-hydrogen) atoms. The smallest absolute Gasteiger partial charge is 0.141 e. The molecule has 0 amide bonds. The van der Waals surface area contributed by atoms with Gasteiger partial charge < -0.3 is 5.11 Å². The van der Waals surface area contributed by atoms with E-state index in [9.17, 15) is 9.50 Å². The molecule has 1 aromatic heterocycles. The van der Waals surface area contributed by atoms with Crippen molar-refractivity contribution in [3.05, 3.63) is 29.8 Å². The van der Waals surface area contributed by atoms with Crippen LogP contribution in [0.4, 0.5) is 4.39 Å². The molecule has 0 aliphatic rings. The molecule has 1 N–H and O–H groups in total. The molecular formula is C12H15FN2O. The van der Waals surface area contributed by atoms with Gasteiger partial charge in [0.25, 0.3) is 0 Å². The molecule has 0 fully saturated rings. The molecule has 0 saturated heterocycles. The van der Waals surface area contributed by atoms with Gasteiger partial charge in [0.1, 0.15) is 11.4 Å². The fourth-order valence-electron chi connectivity index (χ4n) is 1.48. The summed E-state index contributed by atoms with van der Waals surface area (Å²) < 4.78 is 12.7. The summed E-state index contributed by atoms with van der Waals surface area (Å²) in [4.78, 5) is 3.84. The van der Waals surface area contributed by atoms with Gasteiger partial charge in [-0.25, -0.2) is 4.39 Å². The summed E-state index contributed by atoms with van der Waals surface area (Å²) >= 11 is 0. The van der Waals surface area contributed by atoms with E-state index in [-0.39, 0.29) is 0 Å². The Morgan fingerprint density at radius 2 is 2.12 bits per heavy atom. The second-order valence-corrected chi connectivity index (χ2v) is 4.23. The molecule has 0 bridgehead atoms. The Labute approximate surface area is 94.6 Å². The first-order chi connectivity index (χ1) is 7.37. The molecule has 0 saturated carbocycles. The van der Waals surface area contributed by atoms with Crippen LogP contribution in [0.15, 0.2) is 18.3 Å². The van der Waals surface area contributed by atoms with Crippen LogP contribution in [-0.2, 0) is 5.60 Å². The average molecular weight is 222 g/mol.